The van der Waals surface area contributed by atoms with E-state index in [4.69, 9.17) is 11.6 Å². The number of carbonyl (C=O) groups is 2. The number of fused-ring (bicyclic) bond motifs is 1. The van der Waals surface area contributed by atoms with Crippen molar-refractivity contribution < 1.29 is 9.59 Å². The normalized spacial score (nSPS) is 13.0. The molecule has 0 bridgehead atoms. The second-order valence-corrected chi connectivity index (χ2v) is 7.73. The molecule has 0 saturated heterocycles. The Morgan fingerprint density at radius 2 is 1.83 bits per heavy atom. The van der Waals surface area contributed by atoms with Gasteiger partial charge in [-0.15, -0.1) is 0 Å². The second kappa shape index (κ2) is 9.13. The Labute approximate surface area is 180 Å². The molecule has 0 radical (unpaired) electrons. The Morgan fingerprint density at radius 3 is 2.67 bits per heavy atom. The first-order valence-corrected chi connectivity index (χ1v) is 10.4. The van der Waals surface area contributed by atoms with E-state index in [1.807, 2.05) is 35.2 Å². The van der Waals surface area contributed by atoms with Crippen molar-refractivity contribution in [2.75, 3.05) is 13.1 Å². The van der Waals surface area contributed by atoms with E-state index < -0.39 is 0 Å². The van der Waals surface area contributed by atoms with Crippen molar-refractivity contribution in [1.82, 2.24) is 20.0 Å². The van der Waals surface area contributed by atoms with Gasteiger partial charge in [-0.25, -0.2) is 4.68 Å². The third-order valence-electron chi connectivity index (χ3n) is 5.28. The molecule has 2 amide bonds. The van der Waals surface area contributed by atoms with Crippen LogP contribution in [0.1, 0.15) is 34.3 Å². The predicted molar refractivity (Wildman–Crippen MR) is 116 cm³/mol. The van der Waals surface area contributed by atoms with Crippen LogP contribution >= 0.6 is 11.6 Å². The molecule has 1 aliphatic rings. The van der Waals surface area contributed by atoms with E-state index >= 15 is 0 Å². The van der Waals surface area contributed by atoms with Crippen LogP contribution in [0.2, 0.25) is 5.02 Å². The van der Waals surface area contributed by atoms with E-state index in [9.17, 15) is 9.59 Å². The number of aromatic nitrogens is 2. The maximum Gasteiger partial charge on any atom is 0.254 e. The molecule has 3 aromatic rings. The SMILES string of the molecule is O=C(NCCCC(=O)N1CCc2ccccc2C1)c1cnn(-c2ccccc2Cl)c1. The van der Waals surface area contributed by atoms with Gasteiger partial charge in [-0.3, -0.25) is 9.59 Å². The largest absolute Gasteiger partial charge is 0.352 e. The third kappa shape index (κ3) is 4.54. The lowest BCUT2D eigenvalue weighted by Gasteiger charge is -2.29. The molecule has 0 spiro atoms. The van der Waals surface area contributed by atoms with Gasteiger partial charge in [0.2, 0.25) is 5.91 Å². The topological polar surface area (TPSA) is 67.2 Å². The molecule has 0 aliphatic carbocycles. The number of carbonyl (C=O) groups excluding carboxylic acids is 2. The minimum Gasteiger partial charge on any atom is -0.352 e. The molecular weight excluding hydrogens is 400 g/mol. The first-order chi connectivity index (χ1) is 14.6. The number of nitrogens with one attached hydrogen (secondary N) is 1. The first kappa shape index (κ1) is 20.2. The van der Waals surface area contributed by atoms with Gasteiger partial charge in [0.25, 0.3) is 5.91 Å². The number of halogens is 1. The van der Waals surface area contributed by atoms with Gasteiger partial charge in [-0.2, -0.15) is 5.10 Å². The van der Waals surface area contributed by atoms with Crippen molar-refractivity contribution in [1.29, 1.82) is 0 Å². The number of nitrogens with zero attached hydrogens (tertiary/aromatic N) is 3. The lowest BCUT2D eigenvalue weighted by atomic mass is 9.99. The van der Waals surface area contributed by atoms with Crippen LogP contribution in [0.4, 0.5) is 0 Å². The van der Waals surface area contributed by atoms with Gasteiger partial charge in [-0.05, 0) is 36.1 Å². The summed E-state index contributed by atoms with van der Waals surface area (Å²) < 4.78 is 1.58. The maximum absolute atomic E-state index is 12.5. The molecule has 1 aromatic heterocycles. The Balaban J connectivity index is 1.24. The zero-order valence-electron chi connectivity index (χ0n) is 16.6. The van der Waals surface area contributed by atoms with E-state index in [-0.39, 0.29) is 11.8 Å². The Morgan fingerprint density at radius 1 is 1.07 bits per heavy atom. The minimum absolute atomic E-state index is 0.130. The van der Waals surface area contributed by atoms with Gasteiger partial charge in [-0.1, -0.05) is 48.0 Å². The van der Waals surface area contributed by atoms with Crippen LogP contribution in [0, 0.1) is 0 Å². The average molecular weight is 423 g/mol. The van der Waals surface area contributed by atoms with Gasteiger partial charge in [0.15, 0.2) is 0 Å². The van der Waals surface area contributed by atoms with Crippen LogP contribution in [0.5, 0.6) is 0 Å². The monoisotopic (exact) mass is 422 g/mol. The highest BCUT2D eigenvalue weighted by Crippen LogP contribution is 2.20. The van der Waals surface area contributed by atoms with E-state index in [1.54, 1.807) is 16.9 Å². The van der Waals surface area contributed by atoms with E-state index in [0.717, 1.165) is 13.0 Å². The van der Waals surface area contributed by atoms with Crippen LogP contribution in [-0.2, 0) is 17.8 Å². The summed E-state index contributed by atoms with van der Waals surface area (Å²) in [6, 6.07) is 15.6. The molecular formula is C23H23ClN4O2. The molecule has 30 heavy (non-hydrogen) atoms. The quantitative estimate of drug-likeness (QED) is 0.617. The number of rotatable bonds is 6. The van der Waals surface area contributed by atoms with Crippen molar-refractivity contribution in [3.8, 4) is 5.69 Å². The summed E-state index contributed by atoms with van der Waals surface area (Å²) in [5, 5.41) is 7.63. The van der Waals surface area contributed by atoms with E-state index in [2.05, 4.69) is 22.5 Å². The van der Waals surface area contributed by atoms with Gasteiger partial charge in [0, 0.05) is 32.3 Å². The van der Waals surface area contributed by atoms with Crippen molar-refractivity contribution in [2.24, 2.45) is 0 Å². The number of benzene rings is 2. The molecule has 0 atom stereocenters. The first-order valence-electron chi connectivity index (χ1n) is 10.0. The molecule has 1 aliphatic heterocycles. The number of hydrogen-bond acceptors (Lipinski definition) is 3. The number of hydrogen-bond donors (Lipinski definition) is 1. The lowest BCUT2D eigenvalue weighted by Crippen LogP contribution is -2.36. The fourth-order valence-electron chi connectivity index (χ4n) is 3.62. The molecule has 6 nitrogen and oxygen atoms in total. The predicted octanol–water partition coefficient (Wildman–Crippen LogP) is 3.62. The summed E-state index contributed by atoms with van der Waals surface area (Å²) in [5.41, 5.74) is 3.72. The summed E-state index contributed by atoms with van der Waals surface area (Å²) in [6.07, 6.45) is 5.07. The highest BCUT2D eigenvalue weighted by molar-refractivity contribution is 6.32. The zero-order valence-corrected chi connectivity index (χ0v) is 17.3. The molecule has 0 unspecified atom stereocenters. The molecule has 0 fully saturated rings. The fourth-order valence-corrected chi connectivity index (χ4v) is 3.84. The number of amides is 2. The molecule has 2 heterocycles. The highest BCUT2D eigenvalue weighted by atomic mass is 35.5. The van der Waals surface area contributed by atoms with Crippen LogP contribution < -0.4 is 5.32 Å². The standard InChI is InChI=1S/C23H23ClN4O2/c24-20-8-3-4-9-21(20)28-16-19(14-26-28)23(30)25-12-5-10-22(29)27-13-11-17-6-1-2-7-18(17)15-27/h1-4,6-9,14,16H,5,10-13,15H2,(H,25,30). The fraction of sp³-hybridized carbons (Fsp3) is 0.261. The van der Waals surface area contributed by atoms with Crippen molar-refractivity contribution in [3.63, 3.8) is 0 Å². The summed E-state index contributed by atoms with van der Waals surface area (Å²) in [7, 11) is 0. The lowest BCUT2D eigenvalue weighted by molar-refractivity contribution is -0.132. The number of para-hydroxylation sites is 1. The minimum atomic E-state index is -0.215. The van der Waals surface area contributed by atoms with E-state index in [0.29, 0.717) is 42.2 Å². The molecule has 0 saturated carbocycles. The molecule has 1 N–H and O–H groups in total. The maximum atomic E-state index is 12.5. The van der Waals surface area contributed by atoms with Crippen LogP contribution in [0.25, 0.3) is 5.69 Å². The second-order valence-electron chi connectivity index (χ2n) is 7.32. The third-order valence-corrected chi connectivity index (χ3v) is 5.60. The van der Waals surface area contributed by atoms with Crippen LogP contribution in [0.15, 0.2) is 60.9 Å². The molecule has 4 rings (SSSR count). The van der Waals surface area contributed by atoms with Gasteiger partial charge in [0.05, 0.1) is 22.5 Å². The average Bonchev–Trinajstić information content (AvgIpc) is 3.26. The van der Waals surface area contributed by atoms with Crippen LogP contribution in [0.3, 0.4) is 0 Å². The summed E-state index contributed by atoms with van der Waals surface area (Å²) >= 11 is 6.17. The van der Waals surface area contributed by atoms with Gasteiger partial charge in [0.1, 0.15) is 0 Å². The van der Waals surface area contributed by atoms with Gasteiger partial charge < -0.3 is 10.2 Å². The summed E-state index contributed by atoms with van der Waals surface area (Å²) in [5.74, 6) is -0.0852. The highest BCUT2D eigenvalue weighted by Gasteiger charge is 2.20. The Hall–Kier alpha value is -3.12. The Kier molecular flexibility index (Phi) is 6.14. The zero-order chi connectivity index (χ0) is 20.9. The Bertz CT molecular complexity index is 1060. The molecule has 154 valence electrons. The van der Waals surface area contributed by atoms with Gasteiger partial charge >= 0.3 is 0 Å². The summed E-state index contributed by atoms with van der Waals surface area (Å²) in [4.78, 5) is 26.8. The van der Waals surface area contributed by atoms with Crippen molar-refractivity contribution in [2.45, 2.75) is 25.8 Å². The van der Waals surface area contributed by atoms with Crippen LogP contribution in [-0.4, -0.2) is 39.6 Å². The molecule has 7 heteroatoms. The van der Waals surface area contributed by atoms with E-state index in [1.165, 1.54) is 17.3 Å². The van der Waals surface area contributed by atoms with Crippen molar-refractivity contribution in [3.05, 3.63) is 82.6 Å². The smallest absolute Gasteiger partial charge is 0.254 e. The summed E-state index contributed by atoms with van der Waals surface area (Å²) in [6.45, 7) is 1.86. The molecule has 2 aromatic carbocycles. The van der Waals surface area contributed by atoms with Crippen molar-refractivity contribution >= 4 is 23.4 Å².